The lowest BCUT2D eigenvalue weighted by molar-refractivity contribution is -0.129. The van der Waals surface area contributed by atoms with Crippen LogP contribution in [0.15, 0.2) is 24.3 Å². The fourth-order valence-corrected chi connectivity index (χ4v) is 3.65. The number of hydrogen-bond acceptors (Lipinski definition) is 3. The molecular weight excluding hydrogens is 264 g/mol. The van der Waals surface area contributed by atoms with E-state index in [9.17, 15) is 5.11 Å². The predicted molar refractivity (Wildman–Crippen MR) is 82.5 cm³/mol. The molecule has 0 amide bonds. The summed E-state index contributed by atoms with van der Waals surface area (Å²) in [4.78, 5) is 0. The number of hydrogen-bond donors (Lipinski definition) is 1. The highest BCUT2D eigenvalue weighted by molar-refractivity contribution is 5.28. The number of aliphatic hydroxyl groups excluding tert-OH is 1. The normalized spacial score (nSPS) is 26.5. The summed E-state index contributed by atoms with van der Waals surface area (Å²) in [5.74, 6) is 0.900. The van der Waals surface area contributed by atoms with Gasteiger partial charge in [0.1, 0.15) is 11.9 Å². The molecule has 1 N–H and O–H groups in total. The maximum Gasteiger partial charge on any atom is 0.119 e. The first-order valence-electron chi connectivity index (χ1n) is 8.26. The first kappa shape index (κ1) is 14.9. The Bertz CT molecular complexity index is 441. The van der Waals surface area contributed by atoms with E-state index in [1.807, 2.05) is 24.3 Å². The van der Waals surface area contributed by atoms with Crippen LogP contribution in [0.1, 0.15) is 63.5 Å². The molecule has 0 radical (unpaired) electrons. The van der Waals surface area contributed by atoms with E-state index in [0.717, 1.165) is 30.8 Å². The molecule has 2 unspecified atom stereocenters. The van der Waals surface area contributed by atoms with Crippen molar-refractivity contribution in [2.75, 3.05) is 6.61 Å². The van der Waals surface area contributed by atoms with Crippen LogP contribution in [0.2, 0.25) is 0 Å². The standard InChI is InChI=1S/C18H26O3/c1-14(19)15-5-7-16(8-6-15)21-17-9-12-20-18(13-17)10-3-2-4-11-18/h5-8,14,17,19H,2-4,9-13H2,1H3. The van der Waals surface area contributed by atoms with Gasteiger partial charge in [-0.15, -0.1) is 0 Å². The highest BCUT2D eigenvalue weighted by Gasteiger charge is 2.39. The zero-order valence-electron chi connectivity index (χ0n) is 12.9. The third-order valence-electron chi connectivity index (χ3n) is 4.88. The molecule has 1 heterocycles. The molecule has 1 aromatic rings. The fourth-order valence-electron chi connectivity index (χ4n) is 3.65. The van der Waals surface area contributed by atoms with E-state index in [-0.39, 0.29) is 11.7 Å². The van der Waals surface area contributed by atoms with Gasteiger partial charge in [-0.05, 0) is 37.5 Å². The van der Waals surface area contributed by atoms with E-state index in [2.05, 4.69) is 0 Å². The second kappa shape index (κ2) is 6.37. The van der Waals surface area contributed by atoms with Crippen molar-refractivity contribution < 1.29 is 14.6 Å². The molecule has 21 heavy (non-hydrogen) atoms. The fraction of sp³-hybridized carbons (Fsp3) is 0.667. The summed E-state index contributed by atoms with van der Waals surface area (Å²) in [7, 11) is 0. The van der Waals surface area contributed by atoms with Crippen molar-refractivity contribution in [3.8, 4) is 5.75 Å². The molecule has 1 aromatic carbocycles. The van der Waals surface area contributed by atoms with Gasteiger partial charge in [-0.1, -0.05) is 31.4 Å². The van der Waals surface area contributed by atoms with E-state index in [1.165, 1.54) is 32.1 Å². The van der Waals surface area contributed by atoms with Gasteiger partial charge in [-0.3, -0.25) is 0 Å². The second-order valence-corrected chi connectivity index (χ2v) is 6.57. The van der Waals surface area contributed by atoms with Gasteiger partial charge >= 0.3 is 0 Å². The van der Waals surface area contributed by atoms with Gasteiger partial charge in [0.25, 0.3) is 0 Å². The molecule has 2 fully saturated rings. The van der Waals surface area contributed by atoms with Crippen LogP contribution < -0.4 is 4.74 Å². The van der Waals surface area contributed by atoms with Gasteiger partial charge in [-0.2, -0.15) is 0 Å². The smallest absolute Gasteiger partial charge is 0.119 e. The summed E-state index contributed by atoms with van der Waals surface area (Å²) in [6.45, 7) is 2.59. The highest BCUT2D eigenvalue weighted by Crippen LogP contribution is 2.39. The highest BCUT2D eigenvalue weighted by atomic mass is 16.5. The van der Waals surface area contributed by atoms with Crippen molar-refractivity contribution in [1.82, 2.24) is 0 Å². The van der Waals surface area contributed by atoms with Crippen molar-refractivity contribution in [3.63, 3.8) is 0 Å². The summed E-state index contributed by atoms with van der Waals surface area (Å²) in [6, 6.07) is 7.81. The average molecular weight is 290 g/mol. The predicted octanol–water partition coefficient (Wildman–Crippen LogP) is 4.00. The Kier molecular flexibility index (Phi) is 4.51. The molecule has 1 spiro atoms. The maximum absolute atomic E-state index is 9.54. The molecule has 0 bridgehead atoms. The molecule has 1 saturated carbocycles. The number of ether oxygens (including phenoxy) is 2. The van der Waals surface area contributed by atoms with Gasteiger partial charge in [0.2, 0.25) is 0 Å². The Morgan fingerprint density at radius 3 is 2.57 bits per heavy atom. The molecule has 2 aliphatic rings. The quantitative estimate of drug-likeness (QED) is 0.914. The SMILES string of the molecule is CC(O)c1ccc(OC2CCOC3(CCCCC3)C2)cc1. The van der Waals surface area contributed by atoms with Gasteiger partial charge in [0.15, 0.2) is 0 Å². The summed E-state index contributed by atoms with van der Waals surface area (Å²) < 4.78 is 12.3. The van der Waals surface area contributed by atoms with Crippen LogP contribution in [0, 0.1) is 0 Å². The third kappa shape index (κ3) is 3.58. The minimum absolute atomic E-state index is 0.0840. The Morgan fingerprint density at radius 1 is 1.19 bits per heavy atom. The van der Waals surface area contributed by atoms with Crippen LogP contribution in [-0.4, -0.2) is 23.4 Å². The molecule has 1 aliphatic heterocycles. The summed E-state index contributed by atoms with van der Waals surface area (Å²) in [6.07, 6.45) is 8.12. The Balaban J connectivity index is 1.61. The summed E-state index contributed by atoms with van der Waals surface area (Å²) in [5.41, 5.74) is 1.01. The van der Waals surface area contributed by atoms with E-state index in [0.29, 0.717) is 0 Å². The minimum Gasteiger partial charge on any atom is -0.490 e. The van der Waals surface area contributed by atoms with Gasteiger partial charge in [0, 0.05) is 12.8 Å². The molecule has 3 rings (SSSR count). The monoisotopic (exact) mass is 290 g/mol. The van der Waals surface area contributed by atoms with E-state index < -0.39 is 6.10 Å². The van der Waals surface area contributed by atoms with Crippen molar-refractivity contribution in [3.05, 3.63) is 29.8 Å². The maximum atomic E-state index is 9.54. The van der Waals surface area contributed by atoms with Crippen molar-refractivity contribution in [2.24, 2.45) is 0 Å². The van der Waals surface area contributed by atoms with Gasteiger partial charge < -0.3 is 14.6 Å². The number of rotatable bonds is 3. The van der Waals surface area contributed by atoms with Crippen LogP contribution >= 0.6 is 0 Å². The summed E-state index contributed by atoms with van der Waals surface area (Å²) in [5, 5.41) is 9.54. The Morgan fingerprint density at radius 2 is 1.90 bits per heavy atom. The molecule has 0 aromatic heterocycles. The lowest BCUT2D eigenvalue weighted by atomic mass is 9.79. The first-order chi connectivity index (χ1) is 10.2. The molecular formula is C18H26O3. The van der Waals surface area contributed by atoms with Crippen LogP contribution in [0.5, 0.6) is 5.75 Å². The molecule has 3 nitrogen and oxygen atoms in total. The first-order valence-corrected chi connectivity index (χ1v) is 8.26. The van der Waals surface area contributed by atoms with Gasteiger partial charge in [0.05, 0.1) is 18.3 Å². The van der Waals surface area contributed by atoms with Crippen LogP contribution in [0.4, 0.5) is 0 Å². The van der Waals surface area contributed by atoms with Crippen molar-refractivity contribution in [2.45, 2.75) is 69.7 Å². The lowest BCUT2D eigenvalue weighted by Gasteiger charge is -2.43. The number of aliphatic hydroxyl groups is 1. The Labute approximate surface area is 127 Å². The molecule has 3 heteroatoms. The zero-order valence-corrected chi connectivity index (χ0v) is 12.9. The van der Waals surface area contributed by atoms with Crippen molar-refractivity contribution >= 4 is 0 Å². The second-order valence-electron chi connectivity index (χ2n) is 6.57. The number of benzene rings is 1. The molecule has 1 aliphatic carbocycles. The largest absolute Gasteiger partial charge is 0.490 e. The van der Waals surface area contributed by atoms with E-state index in [1.54, 1.807) is 6.92 Å². The van der Waals surface area contributed by atoms with Crippen LogP contribution in [-0.2, 0) is 4.74 Å². The topological polar surface area (TPSA) is 38.7 Å². The molecule has 2 atom stereocenters. The third-order valence-corrected chi connectivity index (χ3v) is 4.88. The van der Waals surface area contributed by atoms with E-state index >= 15 is 0 Å². The molecule has 1 saturated heterocycles. The molecule has 116 valence electrons. The van der Waals surface area contributed by atoms with Crippen molar-refractivity contribution in [1.29, 1.82) is 0 Å². The van der Waals surface area contributed by atoms with E-state index in [4.69, 9.17) is 9.47 Å². The lowest BCUT2D eigenvalue weighted by Crippen LogP contribution is -2.45. The Hall–Kier alpha value is -1.06. The minimum atomic E-state index is -0.423. The average Bonchev–Trinajstić information content (AvgIpc) is 2.49. The van der Waals surface area contributed by atoms with Gasteiger partial charge in [-0.25, -0.2) is 0 Å². The zero-order chi connectivity index (χ0) is 14.7. The van der Waals surface area contributed by atoms with Crippen LogP contribution in [0.25, 0.3) is 0 Å². The summed E-state index contributed by atoms with van der Waals surface area (Å²) >= 11 is 0. The van der Waals surface area contributed by atoms with Crippen LogP contribution in [0.3, 0.4) is 0 Å².